The molecular weight excluding hydrogens is 544 g/mol. The van der Waals surface area contributed by atoms with Gasteiger partial charge in [0, 0.05) is 24.1 Å². The minimum absolute atomic E-state index is 0.0326. The Balaban J connectivity index is 1.64. The Bertz CT molecular complexity index is 1540. The molecule has 224 valence electrons. The number of hydrogen-bond acceptors (Lipinski definition) is 7. The molecule has 1 amide bonds. The van der Waals surface area contributed by atoms with Crippen LogP contribution in [0.1, 0.15) is 78.9 Å². The number of methoxy groups -OCH3 is 3. The minimum Gasteiger partial charge on any atom is -0.493 e. The van der Waals surface area contributed by atoms with E-state index in [1.165, 1.54) is 7.11 Å². The zero-order valence-corrected chi connectivity index (χ0v) is 25.1. The van der Waals surface area contributed by atoms with E-state index in [0.29, 0.717) is 35.5 Å². The third kappa shape index (κ3) is 6.00. The van der Waals surface area contributed by atoms with Crippen molar-refractivity contribution < 1.29 is 28.6 Å². The van der Waals surface area contributed by atoms with Gasteiger partial charge in [-0.25, -0.2) is 4.79 Å². The molecule has 1 heterocycles. The molecule has 43 heavy (non-hydrogen) atoms. The molecule has 0 saturated heterocycles. The highest BCUT2D eigenvalue weighted by atomic mass is 16.5. The predicted molar refractivity (Wildman–Crippen MR) is 166 cm³/mol. The van der Waals surface area contributed by atoms with E-state index in [0.717, 1.165) is 47.5 Å². The Labute approximate surface area is 252 Å². The average Bonchev–Trinajstić information content (AvgIpc) is 3.19. The van der Waals surface area contributed by atoms with Crippen LogP contribution in [0.3, 0.4) is 0 Å². The first-order valence-electron chi connectivity index (χ1n) is 14.7. The van der Waals surface area contributed by atoms with E-state index < -0.39 is 12.0 Å². The zero-order valence-electron chi connectivity index (χ0n) is 25.1. The lowest BCUT2D eigenvalue weighted by molar-refractivity contribution is -0.119. The summed E-state index contributed by atoms with van der Waals surface area (Å²) in [6, 6.07) is 19.8. The maximum atomic E-state index is 14.3. The summed E-state index contributed by atoms with van der Waals surface area (Å²) in [5.41, 5.74) is 4.97. The first-order valence-corrected chi connectivity index (χ1v) is 14.7. The SMILES string of the molecule is CCCCCC(=O)N1c2ccccc2NC2=C(C(=O)C[C@H](c3ccc(OC)c(OC)c3)C2)[C@@H]1c1ccc(C(=O)OC)cc1. The molecule has 8 nitrogen and oxygen atoms in total. The van der Waals surface area contributed by atoms with Gasteiger partial charge in [-0.2, -0.15) is 0 Å². The van der Waals surface area contributed by atoms with E-state index >= 15 is 0 Å². The molecule has 0 saturated carbocycles. The second kappa shape index (κ2) is 13.2. The normalized spacial score (nSPS) is 17.8. The van der Waals surface area contributed by atoms with Crippen LogP contribution in [0.5, 0.6) is 11.5 Å². The van der Waals surface area contributed by atoms with Crippen LogP contribution in [0.4, 0.5) is 11.4 Å². The molecule has 1 aliphatic heterocycles. The fourth-order valence-corrected chi connectivity index (χ4v) is 6.09. The standard InChI is InChI=1S/C35H38N2O6/c1-5-6-7-12-32(39)37-28-11-9-8-10-26(28)36-27-19-25(24-17-18-30(41-2)31(21-24)42-3)20-29(38)33(27)34(37)22-13-15-23(16-14-22)35(40)43-4/h8-11,13-18,21,25,34,36H,5-7,12,19-20H2,1-4H3/t25-,34+/m1/s1. The minimum atomic E-state index is -0.661. The van der Waals surface area contributed by atoms with E-state index in [1.807, 2.05) is 54.6 Å². The number of unbranched alkanes of at least 4 members (excludes halogenated alkanes) is 2. The highest BCUT2D eigenvalue weighted by Crippen LogP contribution is 2.48. The molecule has 0 bridgehead atoms. The Morgan fingerprint density at radius 2 is 1.60 bits per heavy atom. The number of benzene rings is 3. The number of Topliss-reactive ketones (excluding diaryl/α,β-unsaturated/α-hetero) is 1. The molecule has 0 unspecified atom stereocenters. The van der Waals surface area contributed by atoms with Crippen LogP contribution in [0.25, 0.3) is 0 Å². The van der Waals surface area contributed by atoms with Crippen molar-refractivity contribution in [1.82, 2.24) is 0 Å². The molecule has 5 rings (SSSR count). The lowest BCUT2D eigenvalue weighted by Gasteiger charge is -2.35. The van der Waals surface area contributed by atoms with E-state index in [1.54, 1.807) is 31.3 Å². The lowest BCUT2D eigenvalue weighted by Crippen LogP contribution is -2.38. The van der Waals surface area contributed by atoms with Crippen molar-refractivity contribution in [3.8, 4) is 11.5 Å². The summed E-state index contributed by atoms with van der Waals surface area (Å²) in [5.74, 6) is 0.614. The number of nitrogens with one attached hydrogen (secondary N) is 1. The number of rotatable bonds is 9. The number of carbonyl (C=O) groups excluding carboxylic acids is 3. The van der Waals surface area contributed by atoms with Crippen LogP contribution in [-0.2, 0) is 14.3 Å². The van der Waals surface area contributed by atoms with Crippen LogP contribution in [0.15, 0.2) is 78.0 Å². The quantitative estimate of drug-likeness (QED) is 0.215. The van der Waals surface area contributed by atoms with Gasteiger partial charge in [-0.15, -0.1) is 0 Å². The number of amides is 1. The molecule has 3 aromatic rings. The first kappa shape index (κ1) is 29.9. The number of carbonyl (C=O) groups is 3. The van der Waals surface area contributed by atoms with Crippen LogP contribution in [0, 0.1) is 0 Å². The maximum absolute atomic E-state index is 14.3. The molecule has 0 aromatic heterocycles. The molecule has 2 aliphatic rings. The van der Waals surface area contributed by atoms with Gasteiger partial charge >= 0.3 is 5.97 Å². The fraction of sp³-hybridized carbons (Fsp3) is 0.343. The van der Waals surface area contributed by atoms with Gasteiger partial charge in [0.25, 0.3) is 0 Å². The smallest absolute Gasteiger partial charge is 0.337 e. The lowest BCUT2D eigenvalue weighted by atomic mass is 9.78. The maximum Gasteiger partial charge on any atom is 0.337 e. The molecule has 8 heteroatoms. The highest BCUT2D eigenvalue weighted by molar-refractivity contribution is 6.06. The van der Waals surface area contributed by atoms with Crippen molar-refractivity contribution in [3.05, 3.63) is 94.7 Å². The summed E-state index contributed by atoms with van der Waals surface area (Å²) in [5, 5.41) is 3.57. The van der Waals surface area contributed by atoms with Gasteiger partial charge in [0.2, 0.25) is 5.91 Å². The van der Waals surface area contributed by atoms with Crippen molar-refractivity contribution in [2.75, 3.05) is 31.5 Å². The third-order valence-corrected chi connectivity index (χ3v) is 8.28. The van der Waals surface area contributed by atoms with Gasteiger partial charge in [-0.05, 0) is 66.3 Å². The van der Waals surface area contributed by atoms with Gasteiger partial charge in [-0.1, -0.05) is 50.1 Å². The largest absolute Gasteiger partial charge is 0.493 e. The summed E-state index contributed by atoms with van der Waals surface area (Å²) in [4.78, 5) is 42.3. The molecule has 0 spiro atoms. The molecule has 1 N–H and O–H groups in total. The van der Waals surface area contributed by atoms with Gasteiger partial charge in [0.1, 0.15) is 0 Å². The van der Waals surface area contributed by atoms with Crippen LogP contribution >= 0.6 is 0 Å². The van der Waals surface area contributed by atoms with Gasteiger partial charge < -0.3 is 19.5 Å². The van der Waals surface area contributed by atoms with Gasteiger partial charge in [-0.3, -0.25) is 14.5 Å². The second-order valence-electron chi connectivity index (χ2n) is 10.9. The predicted octanol–water partition coefficient (Wildman–Crippen LogP) is 6.97. The Morgan fingerprint density at radius 3 is 2.30 bits per heavy atom. The number of nitrogens with zero attached hydrogens (tertiary/aromatic N) is 1. The van der Waals surface area contributed by atoms with E-state index in [-0.39, 0.29) is 24.0 Å². The summed E-state index contributed by atoms with van der Waals surface area (Å²) >= 11 is 0. The molecular formula is C35H38N2O6. The van der Waals surface area contributed by atoms with E-state index in [2.05, 4.69) is 12.2 Å². The van der Waals surface area contributed by atoms with E-state index in [4.69, 9.17) is 14.2 Å². The summed E-state index contributed by atoms with van der Waals surface area (Å²) in [6.45, 7) is 2.11. The topological polar surface area (TPSA) is 94.2 Å². The number of allylic oxidation sites excluding steroid dienone is 1. The Morgan fingerprint density at radius 1 is 0.884 bits per heavy atom. The number of esters is 1. The average molecular weight is 583 g/mol. The number of ether oxygens (including phenoxy) is 3. The molecule has 2 atom stereocenters. The van der Waals surface area contributed by atoms with E-state index in [9.17, 15) is 14.4 Å². The fourth-order valence-electron chi connectivity index (χ4n) is 6.09. The highest BCUT2D eigenvalue weighted by Gasteiger charge is 2.41. The van der Waals surface area contributed by atoms with Crippen molar-refractivity contribution in [1.29, 1.82) is 0 Å². The van der Waals surface area contributed by atoms with Crippen LogP contribution in [-0.4, -0.2) is 39.0 Å². The molecule has 0 radical (unpaired) electrons. The first-order chi connectivity index (χ1) is 20.9. The van der Waals surface area contributed by atoms with Crippen molar-refractivity contribution in [2.45, 2.75) is 57.4 Å². The number of para-hydroxylation sites is 2. The summed E-state index contributed by atoms with van der Waals surface area (Å²) in [7, 11) is 4.53. The third-order valence-electron chi connectivity index (χ3n) is 8.28. The Kier molecular flexibility index (Phi) is 9.14. The second-order valence-corrected chi connectivity index (χ2v) is 10.9. The zero-order chi connectivity index (χ0) is 30.5. The van der Waals surface area contributed by atoms with Crippen LogP contribution < -0.4 is 19.7 Å². The van der Waals surface area contributed by atoms with Crippen molar-refractivity contribution in [2.24, 2.45) is 0 Å². The van der Waals surface area contributed by atoms with Gasteiger partial charge in [0.05, 0.1) is 44.3 Å². The van der Waals surface area contributed by atoms with Gasteiger partial charge in [0.15, 0.2) is 17.3 Å². The Hall–Kier alpha value is -4.59. The number of fused-ring (bicyclic) bond motifs is 1. The van der Waals surface area contributed by atoms with Crippen molar-refractivity contribution >= 4 is 29.0 Å². The number of ketones is 1. The van der Waals surface area contributed by atoms with Crippen LogP contribution in [0.2, 0.25) is 0 Å². The molecule has 3 aromatic carbocycles. The monoisotopic (exact) mass is 582 g/mol. The van der Waals surface area contributed by atoms with Crippen molar-refractivity contribution in [3.63, 3.8) is 0 Å². The summed E-state index contributed by atoms with van der Waals surface area (Å²) in [6.07, 6.45) is 3.91. The molecule has 0 fully saturated rings. The summed E-state index contributed by atoms with van der Waals surface area (Å²) < 4.78 is 15.9. The number of anilines is 2. The number of hydrogen-bond donors (Lipinski definition) is 1. The molecule has 1 aliphatic carbocycles.